The van der Waals surface area contributed by atoms with Gasteiger partial charge in [-0.15, -0.1) is 0 Å². The van der Waals surface area contributed by atoms with Crippen molar-refractivity contribution in [3.8, 4) is 11.8 Å². The van der Waals surface area contributed by atoms with Crippen LogP contribution >= 0.6 is 0 Å². The minimum atomic E-state index is -1.20. The van der Waals surface area contributed by atoms with E-state index in [9.17, 15) is 13.6 Å². The molecule has 3 rings (SSSR count). The van der Waals surface area contributed by atoms with Gasteiger partial charge in [-0.3, -0.25) is 4.79 Å². The molecule has 1 aliphatic rings. The van der Waals surface area contributed by atoms with Gasteiger partial charge >= 0.3 is 0 Å². The van der Waals surface area contributed by atoms with Crippen molar-refractivity contribution in [2.45, 2.75) is 33.6 Å². The molecule has 4 nitrogen and oxygen atoms in total. The Morgan fingerprint density at radius 3 is 2.61 bits per heavy atom. The molecule has 0 unspecified atom stereocenters. The van der Waals surface area contributed by atoms with Gasteiger partial charge in [-0.2, -0.15) is 10.4 Å². The Kier molecular flexibility index (Phi) is 3.33. The van der Waals surface area contributed by atoms with Gasteiger partial charge in [-0.05, 0) is 30.9 Å². The lowest BCUT2D eigenvalue weighted by Crippen LogP contribution is -2.28. The molecule has 0 fully saturated rings. The van der Waals surface area contributed by atoms with Crippen LogP contribution in [-0.4, -0.2) is 15.6 Å². The number of aromatic nitrogens is 2. The van der Waals surface area contributed by atoms with Crippen molar-refractivity contribution in [2.24, 2.45) is 5.41 Å². The Balaban J connectivity index is 2.25. The maximum Gasteiger partial charge on any atom is 0.185 e. The van der Waals surface area contributed by atoms with E-state index < -0.39 is 11.6 Å². The van der Waals surface area contributed by atoms with Gasteiger partial charge in [0.25, 0.3) is 0 Å². The number of halogens is 2. The van der Waals surface area contributed by atoms with Gasteiger partial charge < -0.3 is 0 Å². The van der Waals surface area contributed by atoms with Crippen LogP contribution in [0.5, 0.6) is 0 Å². The fourth-order valence-corrected chi connectivity index (χ4v) is 3.13. The van der Waals surface area contributed by atoms with Crippen molar-refractivity contribution in [3.63, 3.8) is 0 Å². The quantitative estimate of drug-likeness (QED) is 0.809. The molecule has 1 aromatic carbocycles. The highest BCUT2D eigenvalue weighted by Crippen LogP contribution is 2.37. The highest BCUT2D eigenvalue weighted by atomic mass is 19.2. The average Bonchev–Trinajstić information content (AvgIpc) is 2.77. The Morgan fingerprint density at radius 1 is 1.26 bits per heavy atom. The number of benzene rings is 1. The average molecular weight is 315 g/mol. The van der Waals surface area contributed by atoms with E-state index in [1.807, 2.05) is 13.8 Å². The number of fused-ring (bicyclic) bond motifs is 1. The van der Waals surface area contributed by atoms with Crippen molar-refractivity contribution in [1.29, 1.82) is 5.26 Å². The smallest absolute Gasteiger partial charge is 0.185 e. The number of nitrogens with zero attached hydrogens (tertiary/aromatic N) is 3. The molecule has 0 amide bonds. The molecule has 0 spiro atoms. The van der Waals surface area contributed by atoms with Crippen LogP contribution in [0, 0.1) is 35.3 Å². The normalized spacial score (nSPS) is 16.1. The second-order valence-electron chi connectivity index (χ2n) is 6.63. The molecule has 118 valence electrons. The summed E-state index contributed by atoms with van der Waals surface area (Å²) in [5, 5.41) is 13.0. The van der Waals surface area contributed by atoms with E-state index in [1.54, 1.807) is 13.0 Å². The number of hydrogen-bond acceptors (Lipinski definition) is 3. The molecule has 1 heterocycles. The summed E-state index contributed by atoms with van der Waals surface area (Å²) < 4.78 is 29.5. The number of aryl methyl sites for hydroxylation is 1. The molecule has 2 aromatic rings. The van der Waals surface area contributed by atoms with E-state index in [2.05, 4.69) is 5.10 Å². The standard InChI is InChI=1S/C17H15F2N3O/c1-9-14-12(6-17(2,3)7-13(14)23)22(21-9)11-5-4-10(8-20)15(18)16(11)19/h4-5H,6-7H2,1-3H3. The Morgan fingerprint density at radius 2 is 1.96 bits per heavy atom. The summed E-state index contributed by atoms with van der Waals surface area (Å²) in [7, 11) is 0. The van der Waals surface area contributed by atoms with Crippen molar-refractivity contribution in [3.05, 3.63) is 46.3 Å². The third kappa shape index (κ3) is 2.33. The monoisotopic (exact) mass is 315 g/mol. The molecule has 0 atom stereocenters. The van der Waals surface area contributed by atoms with Crippen molar-refractivity contribution >= 4 is 5.78 Å². The van der Waals surface area contributed by atoms with Crippen LogP contribution in [0.1, 0.15) is 47.6 Å². The first-order valence-electron chi connectivity index (χ1n) is 7.25. The predicted octanol–water partition coefficient (Wildman–Crippen LogP) is 3.49. The molecule has 1 aromatic heterocycles. The first kappa shape index (κ1) is 15.3. The highest BCUT2D eigenvalue weighted by Gasteiger charge is 2.36. The van der Waals surface area contributed by atoms with Crippen molar-refractivity contribution in [1.82, 2.24) is 9.78 Å². The second-order valence-corrected chi connectivity index (χ2v) is 6.63. The van der Waals surface area contributed by atoms with Crippen LogP contribution in [0.2, 0.25) is 0 Å². The lowest BCUT2D eigenvalue weighted by molar-refractivity contribution is 0.0910. The molecular weight excluding hydrogens is 300 g/mol. The number of Topliss-reactive ketones (excluding diaryl/α,β-unsaturated/α-hetero) is 1. The number of carbonyl (C=O) groups excluding carboxylic acids is 1. The largest absolute Gasteiger partial charge is 0.294 e. The van der Waals surface area contributed by atoms with E-state index in [0.717, 1.165) is 0 Å². The van der Waals surface area contributed by atoms with Gasteiger partial charge in [0.05, 0.1) is 22.5 Å². The molecule has 0 N–H and O–H groups in total. The third-order valence-corrected chi connectivity index (χ3v) is 4.13. The van der Waals surface area contributed by atoms with E-state index in [0.29, 0.717) is 29.8 Å². The number of nitriles is 1. The molecule has 0 aliphatic heterocycles. The predicted molar refractivity (Wildman–Crippen MR) is 79.4 cm³/mol. The first-order chi connectivity index (χ1) is 10.7. The first-order valence-corrected chi connectivity index (χ1v) is 7.25. The summed E-state index contributed by atoms with van der Waals surface area (Å²) >= 11 is 0. The van der Waals surface area contributed by atoms with E-state index >= 15 is 0 Å². The van der Waals surface area contributed by atoms with E-state index in [-0.39, 0.29) is 22.4 Å². The van der Waals surface area contributed by atoms with Gasteiger partial charge in [-0.25, -0.2) is 13.5 Å². The van der Waals surface area contributed by atoms with Gasteiger partial charge in [0.1, 0.15) is 11.8 Å². The van der Waals surface area contributed by atoms with Crippen LogP contribution in [0.25, 0.3) is 5.69 Å². The zero-order valence-corrected chi connectivity index (χ0v) is 13.1. The van der Waals surface area contributed by atoms with Gasteiger partial charge in [0.2, 0.25) is 0 Å². The summed E-state index contributed by atoms with van der Waals surface area (Å²) in [5.74, 6) is -2.37. The fraction of sp³-hybridized carbons (Fsp3) is 0.353. The Bertz CT molecular complexity index is 875. The van der Waals surface area contributed by atoms with Gasteiger partial charge in [-0.1, -0.05) is 13.8 Å². The summed E-state index contributed by atoms with van der Waals surface area (Å²) in [6.45, 7) is 5.59. The molecule has 0 radical (unpaired) electrons. The number of hydrogen-bond donors (Lipinski definition) is 0. The van der Waals surface area contributed by atoms with Crippen molar-refractivity contribution in [2.75, 3.05) is 0 Å². The molecule has 0 saturated heterocycles. The molecule has 23 heavy (non-hydrogen) atoms. The maximum absolute atomic E-state index is 14.3. The fourth-order valence-electron chi connectivity index (χ4n) is 3.13. The Hall–Kier alpha value is -2.55. The van der Waals surface area contributed by atoms with Gasteiger partial charge in [0.15, 0.2) is 17.4 Å². The lowest BCUT2D eigenvalue weighted by atomic mass is 9.75. The Labute approximate surface area is 132 Å². The molecular formula is C17H15F2N3O. The third-order valence-electron chi connectivity index (χ3n) is 4.13. The molecule has 1 aliphatic carbocycles. The van der Waals surface area contributed by atoms with Crippen LogP contribution in [0.15, 0.2) is 12.1 Å². The van der Waals surface area contributed by atoms with Crippen molar-refractivity contribution < 1.29 is 13.6 Å². The zero-order chi connectivity index (χ0) is 16.9. The van der Waals surface area contributed by atoms with E-state index in [1.165, 1.54) is 16.8 Å². The minimum absolute atomic E-state index is 0.0328. The zero-order valence-electron chi connectivity index (χ0n) is 13.1. The summed E-state index contributed by atoms with van der Waals surface area (Å²) in [6, 6.07) is 4.13. The van der Waals surface area contributed by atoms with Gasteiger partial charge in [0, 0.05) is 6.42 Å². The number of rotatable bonds is 1. The number of carbonyl (C=O) groups is 1. The maximum atomic E-state index is 14.3. The lowest BCUT2D eigenvalue weighted by Gasteiger charge is -2.29. The van der Waals surface area contributed by atoms with Crippen LogP contribution in [0.4, 0.5) is 8.78 Å². The van der Waals surface area contributed by atoms with Crippen LogP contribution in [-0.2, 0) is 6.42 Å². The summed E-state index contributed by atoms with van der Waals surface area (Å²) in [6.07, 6.45) is 0.937. The molecule has 0 bridgehead atoms. The minimum Gasteiger partial charge on any atom is -0.294 e. The molecule has 6 heteroatoms. The highest BCUT2D eigenvalue weighted by molar-refractivity contribution is 5.99. The second kappa shape index (κ2) is 4.98. The van der Waals surface area contributed by atoms with Crippen LogP contribution < -0.4 is 0 Å². The summed E-state index contributed by atoms with van der Waals surface area (Å²) in [4.78, 5) is 12.4. The number of ketones is 1. The van der Waals surface area contributed by atoms with Crippen LogP contribution in [0.3, 0.4) is 0 Å². The molecule has 0 saturated carbocycles. The van der Waals surface area contributed by atoms with E-state index in [4.69, 9.17) is 5.26 Å². The topological polar surface area (TPSA) is 58.7 Å². The SMILES string of the molecule is Cc1nn(-c2ccc(C#N)c(F)c2F)c2c1C(=O)CC(C)(C)C2. The summed E-state index contributed by atoms with van der Waals surface area (Å²) in [5.41, 5.74) is 0.873.